The van der Waals surface area contributed by atoms with Crippen molar-refractivity contribution in [1.29, 1.82) is 0 Å². The Morgan fingerprint density at radius 1 is 1.33 bits per heavy atom. The molecule has 1 atom stereocenters. The molecule has 0 aliphatic rings. The first-order chi connectivity index (χ1) is 12.1. The first kappa shape index (κ1) is 28.8. The largest absolute Gasteiger partial charge is 0.539 e. The van der Waals surface area contributed by atoms with E-state index in [1.54, 1.807) is 0 Å². The third kappa shape index (κ3) is 11.3. The number of hydrogen-bond donors (Lipinski definition) is 0. The molecule has 0 bridgehead atoms. The van der Waals surface area contributed by atoms with Gasteiger partial charge in [0, 0.05) is 46.9 Å². The van der Waals surface area contributed by atoms with Crippen molar-refractivity contribution in [3.8, 4) is 0 Å². The van der Waals surface area contributed by atoms with Crippen molar-refractivity contribution in [1.82, 2.24) is 0 Å². The molecule has 0 N–H and O–H groups in total. The number of carbonyl (C=O) groups is 1. The maximum atomic E-state index is 12.0. The molecule has 1 unspecified atom stereocenters. The van der Waals surface area contributed by atoms with Crippen molar-refractivity contribution >= 4 is 23.0 Å². The minimum absolute atomic E-state index is 0. The van der Waals surface area contributed by atoms with Gasteiger partial charge in [-0.05, 0) is 36.7 Å². The Morgan fingerprint density at radius 2 is 2.00 bits per heavy atom. The van der Waals surface area contributed by atoms with Crippen LogP contribution in [0.25, 0.3) is 0 Å². The summed E-state index contributed by atoms with van der Waals surface area (Å²) in [6.07, 6.45) is 2.38. The van der Waals surface area contributed by atoms with E-state index in [0.29, 0.717) is 23.2 Å². The maximum absolute atomic E-state index is 12.0. The molecular formula is C21H32NO3SYb-. The van der Waals surface area contributed by atoms with E-state index in [4.69, 9.17) is 9.15 Å². The Hall–Kier alpha value is -0.361. The van der Waals surface area contributed by atoms with Gasteiger partial charge in [-0.2, -0.15) is 0 Å². The molecule has 0 aliphatic carbocycles. The molecular weight excluding hydrogens is 519 g/mol. The Morgan fingerprint density at radius 3 is 2.59 bits per heavy atom. The summed E-state index contributed by atoms with van der Waals surface area (Å²) in [6.45, 7) is 10.5. The predicted octanol–water partition coefficient (Wildman–Crippen LogP) is 5.87. The van der Waals surface area contributed by atoms with Crippen LogP contribution in [0.3, 0.4) is 0 Å². The molecule has 160 valence electrons. The van der Waals surface area contributed by atoms with Crippen molar-refractivity contribution in [2.24, 2.45) is 10.9 Å². The summed E-state index contributed by atoms with van der Waals surface area (Å²) in [7, 11) is 0. The maximum Gasteiger partial charge on any atom is 0.310 e. The molecule has 1 aromatic carbocycles. The van der Waals surface area contributed by atoms with Gasteiger partial charge in [0.2, 0.25) is 0 Å². The van der Waals surface area contributed by atoms with Gasteiger partial charge < -0.3 is 9.15 Å². The van der Waals surface area contributed by atoms with Gasteiger partial charge in [-0.15, -0.1) is 5.38 Å². The molecule has 2 aromatic rings. The Kier molecular flexibility index (Phi) is 17.7. The van der Waals surface area contributed by atoms with E-state index in [-0.39, 0.29) is 66.7 Å². The van der Waals surface area contributed by atoms with E-state index in [1.165, 1.54) is 11.3 Å². The molecule has 0 saturated carbocycles. The van der Waals surface area contributed by atoms with E-state index >= 15 is 0 Å². The van der Waals surface area contributed by atoms with Crippen LogP contribution in [-0.2, 0) is 16.0 Å². The molecule has 6 heteroatoms. The molecule has 0 amide bonds. The predicted molar refractivity (Wildman–Crippen MR) is 109 cm³/mol. The first-order valence-electron chi connectivity index (χ1n) is 8.85. The minimum Gasteiger partial charge on any atom is -0.539 e. The molecule has 0 fully saturated rings. The van der Waals surface area contributed by atoms with Crippen LogP contribution in [0.2, 0.25) is 0 Å². The summed E-state index contributed by atoms with van der Waals surface area (Å²) in [5, 5.41) is 2.98. The molecule has 0 aliphatic heterocycles. The SMILES string of the molecule is C.CC.CCCC(C)COC(=O)Cc1ccccc1N=c1oc(C)[c-]s1.[Yb]. The number of nitrogens with zero attached hydrogens (tertiary/aromatic N) is 1. The molecule has 4 nitrogen and oxygen atoms in total. The fourth-order valence-electron chi connectivity index (χ4n) is 2.22. The number of hydrogen-bond acceptors (Lipinski definition) is 5. The fraction of sp³-hybridized carbons (Fsp3) is 0.524. The van der Waals surface area contributed by atoms with Gasteiger partial charge >= 0.3 is 5.97 Å². The zero-order valence-corrected chi connectivity index (χ0v) is 18.6. The van der Waals surface area contributed by atoms with Crippen LogP contribution in [0, 0.1) is 65.1 Å². The number of para-hydroxylation sites is 1. The van der Waals surface area contributed by atoms with E-state index in [0.717, 1.165) is 24.1 Å². The number of carbonyl (C=O) groups excluding carboxylic acids is 1. The van der Waals surface area contributed by atoms with Crippen LogP contribution >= 0.6 is 11.3 Å². The van der Waals surface area contributed by atoms with Crippen molar-refractivity contribution in [3.05, 3.63) is 45.8 Å². The summed E-state index contributed by atoms with van der Waals surface area (Å²) in [5.41, 5.74) is 1.56. The second-order valence-electron chi connectivity index (χ2n) is 5.62. The molecule has 1 aromatic heterocycles. The van der Waals surface area contributed by atoms with Crippen LogP contribution in [-0.4, -0.2) is 12.6 Å². The van der Waals surface area contributed by atoms with Gasteiger partial charge in [-0.3, -0.25) is 21.1 Å². The molecule has 27 heavy (non-hydrogen) atoms. The van der Waals surface area contributed by atoms with Crippen LogP contribution in [0.4, 0.5) is 5.69 Å². The third-order valence-corrected chi connectivity index (χ3v) is 4.11. The molecule has 0 spiro atoms. The molecule has 0 saturated heterocycles. The second-order valence-corrected chi connectivity index (χ2v) is 6.38. The minimum atomic E-state index is -0.221. The van der Waals surface area contributed by atoms with Crippen LogP contribution in [0.15, 0.2) is 33.7 Å². The van der Waals surface area contributed by atoms with Crippen LogP contribution in [0.5, 0.6) is 0 Å². The number of benzene rings is 1. The van der Waals surface area contributed by atoms with Crippen molar-refractivity contribution < 1.29 is 60.9 Å². The van der Waals surface area contributed by atoms with Crippen LogP contribution in [0.1, 0.15) is 59.3 Å². The van der Waals surface area contributed by atoms with Crippen LogP contribution < -0.4 is 4.87 Å². The average molecular weight is 552 g/mol. The monoisotopic (exact) mass is 552 g/mol. The van der Waals surface area contributed by atoms with E-state index in [1.807, 2.05) is 45.0 Å². The van der Waals surface area contributed by atoms with Gasteiger partial charge in [0.15, 0.2) is 0 Å². The molecule has 0 radical (unpaired) electrons. The smallest absolute Gasteiger partial charge is 0.310 e. The van der Waals surface area contributed by atoms with Crippen molar-refractivity contribution in [3.63, 3.8) is 0 Å². The zero-order chi connectivity index (χ0) is 18.7. The number of ether oxygens (including phenoxy) is 1. The van der Waals surface area contributed by atoms with E-state index < -0.39 is 0 Å². The first-order valence-corrected chi connectivity index (χ1v) is 9.66. The standard InChI is InChI=1S/C18H22NO3S.C2H6.CH4.Yb/c1-4-7-13(2)11-21-17(20)10-15-8-5-6-9-16(15)19-18-22-14(3)12-23-18;1-2;;/h5-6,8-9,13H,4,7,10-11H2,1-3H3;1-2H3;1H4;/q-1;;;. The number of rotatable bonds is 7. The molecule has 1 heterocycles. The third-order valence-electron chi connectivity index (χ3n) is 3.37. The zero-order valence-electron chi connectivity index (χ0n) is 16.1. The topological polar surface area (TPSA) is 51.8 Å². The normalized spacial score (nSPS) is 11.4. The summed E-state index contributed by atoms with van der Waals surface area (Å²) < 4.78 is 10.8. The quantitative estimate of drug-likeness (QED) is 0.320. The van der Waals surface area contributed by atoms with Gasteiger partial charge in [0.05, 0.1) is 18.7 Å². The van der Waals surface area contributed by atoms with Gasteiger partial charge in [-0.25, -0.2) is 0 Å². The summed E-state index contributed by atoms with van der Waals surface area (Å²) in [5.74, 6) is 0.879. The number of aryl methyl sites for hydroxylation is 1. The fourth-order valence-corrected chi connectivity index (χ4v) is 2.80. The van der Waals surface area contributed by atoms with Gasteiger partial charge in [-0.1, -0.05) is 59.7 Å². The summed E-state index contributed by atoms with van der Waals surface area (Å²) in [4.78, 5) is 17.0. The average Bonchev–Trinajstić information content (AvgIpc) is 3.02. The van der Waals surface area contributed by atoms with Gasteiger partial charge in [0.1, 0.15) is 4.87 Å². The Balaban J connectivity index is 0. The number of esters is 1. The Labute approximate surface area is 206 Å². The molecule has 2 rings (SSSR count). The van der Waals surface area contributed by atoms with Crippen molar-refractivity contribution in [2.75, 3.05) is 6.61 Å². The second kappa shape index (κ2) is 16.6. The summed E-state index contributed by atoms with van der Waals surface area (Å²) >= 11 is 1.32. The van der Waals surface area contributed by atoms with Crippen molar-refractivity contribution in [2.45, 2.75) is 61.3 Å². The summed E-state index contributed by atoms with van der Waals surface area (Å²) in [6, 6.07) is 7.54. The van der Waals surface area contributed by atoms with E-state index in [9.17, 15) is 4.79 Å². The van der Waals surface area contributed by atoms with Gasteiger partial charge in [0.25, 0.3) is 0 Å². The Bertz CT molecular complexity index is 709. The van der Waals surface area contributed by atoms with E-state index in [2.05, 4.69) is 24.2 Å².